The summed E-state index contributed by atoms with van der Waals surface area (Å²) in [5.41, 5.74) is 1.41. The van der Waals surface area contributed by atoms with Gasteiger partial charge in [-0.05, 0) is 36.4 Å². The Balaban J connectivity index is 1.69. The zero-order chi connectivity index (χ0) is 22.8. The summed E-state index contributed by atoms with van der Waals surface area (Å²) in [6.07, 6.45) is 1.57. The van der Waals surface area contributed by atoms with Crippen LogP contribution in [-0.4, -0.2) is 41.8 Å². The number of amides is 1. The Labute approximate surface area is 181 Å². The molecule has 1 N–H and O–H groups in total. The van der Waals surface area contributed by atoms with E-state index in [1.54, 1.807) is 24.4 Å². The summed E-state index contributed by atoms with van der Waals surface area (Å²) in [6, 6.07) is 10.9. The van der Waals surface area contributed by atoms with Crippen LogP contribution in [0.1, 0.15) is 10.5 Å². The molecule has 0 fully saturated rings. The largest absolute Gasteiger partial charge is 0.494 e. The Morgan fingerprint density at radius 2 is 1.62 bits per heavy atom. The molecular weight excluding hydrogens is 422 g/mol. The van der Waals surface area contributed by atoms with Gasteiger partial charge >= 0.3 is 0 Å². The number of anilines is 1. The van der Waals surface area contributed by atoms with Crippen molar-refractivity contribution in [3.8, 4) is 28.5 Å². The van der Waals surface area contributed by atoms with Crippen molar-refractivity contribution in [3.05, 3.63) is 66.0 Å². The van der Waals surface area contributed by atoms with Crippen molar-refractivity contribution < 1.29 is 27.8 Å². The van der Waals surface area contributed by atoms with Gasteiger partial charge in [-0.2, -0.15) is 9.49 Å². The standard InChI is InChI=1S/C22H18F2N4O4/c1-30-16-6-4-12(10-18(16)32-3)15-8-9-25-19-11-14(27-28(15)19)22(29)26-13-5-7-17(31-2)21(24)20(13)23/h4-11H,1-3H3,(H,26,29). The number of halogens is 2. The predicted molar refractivity (Wildman–Crippen MR) is 112 cm³/mol. The van der Waals surface area contributed by atoms with Crippen LogP contribution in [0.3, 0.4) is 0 Å². The molecule has 10 heteroatoms. The summed E-state index contributed by atoms with van der Waals surface area (Å²) in [6.45, 7) is 0. The first-order valence-corrected chi connectivity index (χ1v) is 9.37. The van der Waals surface area contributed by atoms with Crippen molar-refractivity contribution >= 4 is 17.2 Å². The Bertz CT molecular complexity index is 1320. The number of methoxy groups -OCH3 is 3. The van der Waals surface area contributed by atoms with Crippen LogP contribution >= 0.6 is 0 Å². The molecule has 4 aromatic rings. The minimum Gasteiger partial charge on any atom is -0.494 e. The van der Waals surface area contributed by atoms with Gasteiger partial charge in [-0.15, -0.1) is 0 Å². The lowest BCUT2D eigenvalue weighted by molar-refractivity contribution is 0.102. The predicted octanol–water partition coefficient (Wildman–Crippen LogP) is 3.95. The first-order chi connectivity index (χ1) is 15.5. The van der Waals surface area contributed by atoms with Gasteiger partial charge in [0.2, 0.25) is 5.82 Å². The first kappa shape index (κ1) is 21.0. The highest BCUT2D eigenvalue weighted by Gasteiger charge is 2.19. The average molecular weight is 440 g/mol. The number of hydrogen-bond donors (Lipinski definition) is 1. The first-order valence-electron chi connectivity index (χ1n) is 9.37. The highest BCUT2D eigenvalue weighted by atomic mass is 19.2. The monoisotopic (exact) mass is 440 g/mol. The maximum atomic E-state index is 14.2. The number of nitrogens with zero attached hydrogens (tertiary/aromatic N) is 3. The molecule has 2 heterocycles. The lowest BCUT2D eigenvalue weighted by Crippen LogP contribution is -2.14. The molecule has 0 saturated heterocycles. The Kier molecular flexibility index (Phi) is 5.59. The lowest BCUT2D eigenvalue weighted by atomic mass is 10.1. The van der Waals surface area contributed by atoms with Crippen molar-refractivity contribution in [3.63, 3.8) is 0 Å². The molecule has 32 heavy (non-hydrogen) atoms. The number of ether oxygens (including phenoxy) is 3. The lowest BCUT2D eigenvalue weighted by Gasteiger charge is -2.10. The normalized spacial score (nSPS) is 10.8. The average Bonchev–Trinajstić information content (AvgIpc) is 3.26. The van der Waals surface area contributed by atoms with Crippen molar-refractivity contribution in [2.45, 2.75) is 0 Å². The van der Waals surface area contributed by atoms with Crippen LogP contribution < -0.4 is 19.5 Å². The third-order valence-corrected chi connectivity index (χ3v) is 4.78. The van der Waals surface area contributed by atoms with Crippen molar-refractivity contribution in [2.75, 3.05) is 26.6 Å². The third kappa shape index (κ3) is 3.66. The topological polar surface area (TPSA) is 87.0 Å². The van der Waals surface area contributed by atoms with Gasteiger partial charge in [0.05, 0.1) is 32.7 Å². The van der Waals surface area contributed by atoms with E-state index < -0.39 is 17.5 Å². The van der Waals surface area contributed by atoms with Crippen LogP contribution in [0.4, 0.5) is 14.5 Å². The second kappa shape index (κ2) is 8.50. The van der Waals surface area contributed by atoms with E-state index in [-0.39, 0.29) is 17.1 Å². The van der Waals surface area contributed by atoms with Crippen LogP contribution in [0.5, 0.6) is 17.2 Å². The fraction of sp³-hybridized carbons (Fsp3) is 0.136. The van der Waals surface area contributed by atoms with Crippen molar-refractivity contribution in [1.29, 1.82) is 0 Å². The van der Waals surface area contributed by atoms with Gasteiger partial charge in [0.25, 0.3) is 5.91 Å². The van der Waals surface area contributed by atoms with Crippen LogP contribution in [0.15, 0.2) is 48.7 Å². The molecule has 0 saturated carbocycles. The molecular formula is C22H18F2N4O4. The zero-order valence-electron chi connectivity index (χ0n) is 17.3. The molecule has 0 atom stereocenters. The third-order valence-electron chi connectivity index (χ3n) is 4.78. The summed E-state index contributed by atoms with van der Waals surface area (Å²) in [5.74, 6) is -2.33. The van der Waals surface area contributed by atoms with Gasteiger partial charge in [-0.25, -0.2) is 13.9 Å². The summed E-state index contributed by atoms with van der Waals surface area (Å²) in [4.78, 5) is 16.9. The maximum absolute atomic E-state index is 14.2. The molecule has 0 unspecified atom stereocenters. The molecule has 0 radical (unpaired) electrons. The summed E-state index contributed by atoms with van der Waals surface area (Å²) in [7, 11) is 4.29. The molecule has 2 aromatic heterocycles. The van der Waals surface area contributed by atoms with E-state index in [0.29, 0.717) is 22.8 Å². The minimum absolute atomic E-state index is 0.0268. The zero-order valence-corrected chi connectivity index (χ0v) is 17.3. The number of hydrogen-bond acceptors (Lipinski definition) is 6. The van der Waals surface area contributed by atoms with Gasteiger partial charge < -0.3 is 19.5 Å². The molecule has 0 aliphatic heterocycles. The molecule has 164 valence electrons. The van der Waals surface area contributed by atoms with Crippen LogP contribution in [0, 0.1) is 11.6 Å². The van der Waals surface area contributed by atoms with E-state index >= 15 is 0 Å². The van der Waals surface area contributed by atoms with Gasteiger partial charge in [0.15, 0.2) is 34.4 Å². The number of fused-ring (bicyclic) bond motifs is 1. The van der Waals surface area contributed by atoms with Gasteiger partial charge in [-0.1, -0.05) is 0 Å². The molecule has 0 bridgehead atoms. The van der Waals surface area contributed by atoms with Gasteiger partial charge in [0, 0.05) is 17.8 Å². The number of aromatic nitrogens is 3. The number of nitrogens with one attached hydrogen (secondary N) is 1. The maximum Gasteiger partial charge on any atom is 0.276 e. The van der Waals surface area contributed by atoms with Gasteiger partial charge in [0.1, 0.15) is 0 Å². The van der Waals surface area contributed by atoms with E-state index in [1.807, 2.05) is 6.07 Å². The van der Waals surface area contributed by atoms with Crippen LogP contribution in [0.25, 0.3) is 16.9 Å². The van der Waals surface area contributed by atoms with E-state index in [4.69, 9.17) is 14.2 Å². The summed E-state index contributed by atoms with van der Waals surface area (Å²) < 4.78 is 45.0. The fourth-order valence-corrected chi connectivity index (χ4v) is 3.19. The van der Waals surface area contributed by atoms with E-state index in [1.165, 1.54) is 44.0 Å². The molecule has 0 aliphatic rings. The smallest absolute Gasteiger partial charge is 0.276 e. The van der Waals surface area contributed by atoms with E-state index in [2.05, 4.69) is 15.4 Å². The number of carbonyl (C=O) groups excluding carboxylic acids is 1. The van der Waals surface area contributed by atoms with Crippen molar-refractivity contribution in [2.24, 2.45) is 0 Å². The molecule has 0 spiro atoms. The number of rotatable bonds is 6. The number of benzene rings is 2. The molecule has 1 amide bonds. The molecule has 4 rings (SSSR count). The summed E-state index contributed by atoms with van der Waals surface area (Å²) in [5, 5.41) is 6.62. The number of carbonyl (C=O) groups is 1. The van der Waals surface area contributed by atoms with E-state index in [0.717, 1.165) is 5.56 Å². The van der Waals surface area contributed by atoms with Crippen LogP contribution in [-0.2, 0) is 0 Å². The highest BCUT2D eigenvalue weighted by molar-refractivity contribution is 6.03. The Morgan fingerprint density at radius 1 is 0.906 bits per heavy atom. The molecule has 8 nitrogen and oxygen atoms in total. The Morgan fingerprint density at radius 3 is 2.34 bits per heavy atom. The second-order valence-electron chi connectivity index (χ2n) is 6.60. The highest BCUT2D eigenvalue weighted by Crippen LogP contribution is 2.32. The molecule has 0 aliphatic carbocycles. The fourth-order valence-electron chi connectivity index (χ4n) is 3.19. The summed E-state index contributed by atoms with van der Waals surface area (Å²) >= 11 is 0. The quantitative estimate of drug-likeness (QED) is 0.489. The minimum atomic E-state index is -1.23. The van der Waals surface area contributed by atoms with E-state index in [9.17, 15) is 13.6 Å². The van der Waals surface area contributed by atoms with Gasteiger partial charge in [-0.3, -0.25) is 4.79 Å². The molecule has 2 aromatic carbocycles. The van der Waals surface area contributed by atoms with Crippen molar-refractivity contribution in [1.82, 2.24) is 14.6 Å². The second-order valence-corrected chi connectivity index (χ2v) is 6.60. The van der Waals surface area contributed by atoms with Crippen LogP contribution in [0.2, 0.25) is 0 Å². The Hall–Kier alpha value is -4.21. The SMILES string of the molecule is COc1ccc(-c2ccnc3cc(C(=O)Nc4ccc(OC)c(F)c4F)nn23)cc1OC.